The predicted molar refractivity (Wildman–Crippen MR) is 52.1 cm³/mol. The van der Waals surface area contributed by atoms with Gasteiger partial charge in [-0.25, -0.2) is 0 Å². The fourth-order valence-corrected chi connectivity index (χ4v) is 2.49. The van der Waals surface area contributed by atoms with E-state index in [9.17, 15) is 0 Å². The summed E-state index contributed by atoms with van der Waals surface area (Å²) in [6.45, 7) is 2.10. The Bertz CT molecular complexity index is 394. The Labute approximate surface area is 77.3 Å². The topological polar surface area (TPSA) is 12.9 Å². The van der Waals surface area contributed by atoms with Gasteiger partial charge in [0.15, 0.2) is 0 Å². The molecule has 0 aliphatic carbocycles. The predicted octanol–water partition coefficient (Wildman–Crippen LogP) is 3.37. The number of rotatable bonds is 0. The monoisotopic (exact) mass is 227 g/mol. The normalized spacial score (nSPS) is 10.7. The third-order valence-corrected chi connectivity index (χ3v) is 3.49. The molecule has 0 spiro atoms. The van der Waals surface area contributed by atoms with E-state index in [0.717, 1.165) is 4.60 Å². The van der Waals surface area contributed by atoms with E-state index in [1.807, 2.05) is 0 Å². The van der Waals surface area contributed by atoms with Crippen molar-refractivity contribution in [2.24, 2.45) is 0 Å². The molecule has 0 aliphatic heterocycles. The molecule has 0 bridgehead atoms. The fraction of sp³-hybridized carbons (Fsp3) is 0.125. The van der Waals surface area contributed by atoms with Crippen LogP contribution >= 0.6 is 27.5 Å². The Balaban J connectivity index is 2.94. The van der Waals surface area contributed by atoms with Crippen LogP contribution in [0.5, 0.6) is 0 Å². The van der Waals surface area contributed by atoms with Crippen molar-refractivity contribution in [2.75, 3.05) is 0 Å². The van der Waals surface area contributed by atoms with Gasteiger partial charge in [-0.1, -0.05) is 18.2 Å². The molecule has 0 radical (unpaired) electrons. The van der Waals surface area contributed by atoms with Crippen molar-refractivity contribution < 1.29 is 0 Å². The summed E-state index contributed by atoms with van der Waals surface area (Å²) in [5.41, 5.74) is 1.30. The van der Waals surface area contributed by atoms with Gasteiger partial charge in [-0.05, 0) is 39.9 Å². The van der Waals surface area contributed by atoms with Crippen molar-refractivity contribution in [3.8, 4) is 0 Å². The minimum Gasteiger partial charge on any atom is -0.184 e. The van der Waals surface area contributed by atoms with Crippen molar-refractivity contribution in [3.63, 3.8) is 0 Å². The number of halogens is 1. The van der Waals surface area contributed by atoms with Gasteiger partial charge in [-0.15, -0.1) is 0 Å². The zero-order valence-electron chi connectivity index (χ0n) is 5.97. The molecule has 0 N–H and O–H groups in total. The molecule has 2 aromatic rings. The number of aromatic nitrogens is 1. The summed E-state index contributed by atoms with van der Waals surface area (Å²) in [6.07, 6.45) is 0. The molecule has 56 valence electrons. The van der Waals surface area contributed by atoms with Crippen molar-refractivity contribution >= 4 is 37.5 Å². The summed E-state index contributed by atoms with van der Waals surface area (Å²) in [4.78, 5) is 0. The van der Waals surface area contributed by atoms with Crippen LogP contribution < -0.4 is 0 Å². The van der Waals surface area contributed by atoms with E-state index in [2.05, 4.69) is 45.4 Å². The van der Waals surface area contributed by atoms with Crippen LogP contribution in [0.2, 0.25) is 0 Å². The smallest absolute Gasteiger partial charge is 0.127 e. The minimum atomic E-state index is 0.959. The highest BCUT2D eigenvalue weighted by molar-refractivity contribution is 9.10. The lowest BCUT2D eigenvalue weighted by Crippen LogP contribution is -1.69. The molecule has 0 amide bonds. The second kappa shape index (κ2) is 2.57. The zero-order chi connectivity index (χ0) is 7.84. The molecule has 1 aromatic heterocycles. The van der Waals surface area contributed by atoms with E-state index in [4.69, 9.17) is 0 Å². The first-order chi connectivity index (χ1) is 5.29. The molecule has 0 fully saturated rings. The molecule has 0 saturated heterocycles. The molecule has 1 heterocycles. The molecule has 1 aromatic carbocycles. The molecule has 0 atom stereocenters. The van der Waals surface area contributed by atoms with Crippen molar-refractivity contribution in [1.29, 1.82) is 0 Å². The summed E-state index contributed by atoms with van der Waals surface area (Å²) >= 11 is 4.94. The maximum atomic E-state index is 4.21. The first-order valence-corrected chi connectivity index (χ1v) is 4.86. The van der Waals surface area contributed by atoms with Crippen LogP contribution in [0.25, 0.3) is 10.1 Å². The summed E-state index contributed by atoms with van der Waals surface area (Å²) in [7, 11) is 0. The van der Waals surface area contributed by atoms with Gasteiger partial charge in [-0.2, -0.15) is 4.37 Å². The Morgan fingerprint density at radius 1 is 1.45 bits per heavy atom. The average molecular weight is 228 g/mol. The van der Waals surface area contributed by atoms with Crippen LogP contribution in [0.15, 0.2) is 22.8 Å². The highest BCUT2D eigenvalue weighted by Gasteiger charge is 2.03. The van der Waals surface area contributed by atoms with Gasteiger partial charge in [0.05, 0.1) is 4.70 Å². The second-order valence-corrected chi connectivity index (χ2v) is 3.95. The average Bonchev–Trinajstić information content (AvgIpc) is 2.35. The molecule has 0 aliphatic rings. The summed E-state index contributed by atoms with van der Waals surface area (Å²) in [5, 5.41) is 1.22. The SMILES string of the molecule is Cc1cccc2c(Br)nsc12. The van der Waals surface area contributed by atoms with E-state index in [1.165, 1.54) is 15.6 Å². The molecule has 3 heteroatoms. The Kier molecular flexibility index (Phi) is 1.69. The summed E-state index contributed by atoms with van der Waals surface area (Å²) in [6, 6.07) is 6.24. The standard InChI is InChI=1S/C8H6BrNS/c1-5-3-2-4-6-7(5)11-10-8(6)9/h2-4H,1H3. The van der Waals surface area contributed by atoms with Gasteiger partial charge in [0, 0.05) is 5.39 Å². The molecule has 2 rings (SSSR count). The number of nitrogens with zero attached hydrogens (tertiary/aromatic N) is 1. The van der Waals surface area contributed by atoms with Gasteiger partial charge in [0.1, 0.15) is 4.60 Å². The highest BCUT2D eigenvalue weighted by atomic mass is 79.9. The van der Waals surface area contributed by atoms with Crippen LogP contribution in [-0.4, -0.2) is 4.37 Å². The number of fused-ring (bicyclic) bond motifs is 1. The third kappa shape index (κ3) is 1.08. The Morgan fingerprint density at radius 2 is 2.27 bits per heavy atom. The van der Waals surface area contributed by atoms with Gasteiger partial charge in [0.25, 0.3) is 0 Å². The molecule has 0 saturated carbocycles. The van der Waals surface area contributed by atoms with Crippen LogP contribution in [0.1, 0.15) is 5.56 Å². The van der Waals surface area contributed by atoms with E-state index < -0.39 is 0 Å². The zero-order valence-corrected chi connectivity index (χ0v) is 8.37. The van der Waals surface area contributed by atoms with E-state index in [0.29, 0.717) is 0 Å². The van der Waals surface area contributed by atoms with Gasteiger partial charge < -0.3 is 0 Å². The molecular formula is C8H6BrNS. The van der Waals surface area contributed by atoms with Crippen LogP contribution in [0.4, 0.5) is 0 Å². The van der Waals surface area contributed by atoms with Crippen LogP contribution in [-0.2, 0) is 0 Å². The maximum absolute atomic E-state index is 4.21. The van der Waals surface area contributed by atoms with Gasteiger partial charge >= 0.3 is 0 Å². The lowest BCUT2D eigenvalue weighted by molar-refractivity contribution is 1.52. The molecular weight excluding hydrogens is 222 g/mol. The fourth-order valence-electron chi connectivity index (χ4n) is 1.07. The lowest BCUT2D eigenvalue weighted by Gasteiger charge is -1.91. The quantitative estimate of drug-likeness (QED) is 0.673. The van der Waals surface area contributed by atoms with Crippen LogP contribution in [0, 0.1) is 6.92 Å². The lowest BCUT2D eigenvalue weighted by atomic mass is 10.2. The number of hydrogen-bond donors (Lipinski definition) is 0. The second-order valence-electron chi connectivity index (χ2n) is 2.42. The molecule has 0 unspecified atom stereocenters. The third-order valence-electron chi connectivity index (χ3n) is 1.65. The Morgan fingerprint density at radius 3 is 3.00 bits per heavy atom. The van der Waals surface area contributed by atoms with Gasteiger partial charge in [0.2, 0.25) is 0 Å². The number of benzene rings is 1. The molecule has 11 heavy (non-hydrogen) atoms. The van der Waals surface area contributed by atoms with Crippen molar-refractivity contribution in [2.45, 2.75) is 6.92 Å². The van der Waals surface area contributed by atoms with E-state index in [1.54, 1.807) is 11.5 Å². The Hall–Kier alpha value is -0.410. The first-order valence-electron chi connectivity index (χ1n) is 3.29. The van der Waals surface area contributed by atoms with Crippen molar-refractivity contribution in [3.05, 3.63) is 28.4 Å². The largest absolute Gasteiger partial charge is 0.184 e. The minimum absolute atomic E-state index is 0.959. The van der Waals surface area contributed by atoms with E-state index in [-0.39, 0.29) is 0 Å². The van der Waals surface area contributed by atoms with E-state index >= 15 is 0 Å². The first kappa shape index (κ1) is 7.25. The highest BCUT2D eigenvalue weighted by Crippen LogP contribution is 2.28. The summed E-state index contributed by atoms with van der Waals surface area (Å²) < 4.78 is 6.45. The maximum Gasteiger partial charge on any atom is 0.127 e. The molecule has 1 nitrogen and oxygen atoms in total. The van der Waals surface area contributed by atoms with Gasteiger partial charge in [-0.3, -0.25) is 0 Å². The van der Waals surface area contributed by atoms with Crippen molar-refractivity contribution in [1.82, 2.24) is 4.37 Å². The summed E-state index contributed by atoms with van der Waals surface area (Å²) in [5.74, 6) is 0. The number of hydrogen-bond acceptors (Lipinski definition) is 2. The van der Waals surface area contributed by atoms with Crippen LogP contribution in [0.3, 0.4) is 0 Å². The number of aryl methyl sites for hydroxylation is 1.